The Morgan fingerprint density at radius 3 is 2.61 bits per heavy atom. The summed E-state index contributed by atoms with van der Waals surface area (Å²) in [5.74, 6) is 1.19. The number of benzene rings is 2. The average Bonchev–Trinajstić information content (AvgIpc) is 3.03. The maximum Gasteiger partial charge on any atom is 0.258 e. The Kier molecular flexibility index (Phi) is 4.65. The van der Waals surface area contributed by atoms with E-state index in [4.69, 9.17) is 0 Å². The monoisotopic (exact) mass is 375 g/mol. The highest BCUT2D eigenvalue weighted by atomic mass is 16.1. The summed E-state index contributed by atoms with van der Waals surface area (Å²) in [5, 5.41) is 3.53. The fourth-order valence-corrected chi connectivity index (χ4v) is 3.41. The van der Waals surface area contributed by atoms with Gasteiger partial charge in [-0.25, -0.2) is 9.97 Å². The summed E-state index contributed by atoms with van der Waals surface area (Å²) in [5.41, 5.74) is 2.37. The number of carbonyl (C=O) groups excluding carboxylic acids is 1. The second kappa shape index (κ2) is 7.26. The lowest BCUT2D eigenvalue weighted by atomic mass is 10.2. The van der Waals surface area contributed by atoms with Crippen molar-refractivity contribution in [3.63, 3.8) is 0 Å². The summed E-state index contributed by atoms with van der Waals surface area (Å²) in [4.78, 5) is 36.3. The number of nitrogens with one attached hydrogen (secondary N) is 2. The molecule has 0 spiro atoms. The van der Waals surface area contributed by atoms with Gasteiger partial charge in [0.2, 0.25) is 5.91 Å². The lowest BCUT2D eigenvalue weighted by Crippen LogP contribution is -2.29. The molecular weight excluding hydrogens is 354 g/mol. The zero-order valence-electron chi connectivity index (χ0n) is 15.8. The van der Waals surface area contributed by atoms with Crippen LogP contribution in [0.2, 0.25) is 0 Å². The minimum Gasteiger partial charge on any atom is -0.346 e. The number of imidazole rings is 1. The molecule has 28 heavy (non-hydrogen) atoms. The normalized spacial score (nSPS) is 12.4. The van der Waals surface area contributed by atoms with E-state index >= 15 is 0 Å². The predicted molar refractivity (Wildman–Crippen MR) is 108 cm³/mol. The molecule has 2 heterocycles. The molecular formula is C21H21N5O2. The number of hydrogen-bond donors (Lipinski definition) is 2. The summed E-state index contributed by atoms with van der Waals surface area (Å²) in [6, 6.07) is 14.8. The minimum absolute atomic E-state index is 0.115. The Morgan fingerprint density at radius 1 is 1.11 bits per heavy atom. The van der Waals surface area contributed by atoms with Gasteiger partial charge in [0, 0.05) is 19.9 Å². The molecule has 7 nitrogen and oxygen atoms in total. The molecule has 2 N–H and O–H groups in total. The number of hydrogen-bond acceptors (Lipinski definition) is 4. The van der Waals surface area contributed by atoms with Crippen LogP contribution in [0.5, 0.6) is 0 Å². The molecule has 0 aliphatic heterocycles. The van der Waals surface area contributed by atoms with E-state index in [1.807, 2.05) is 48.9 Å². The number of aromatic amines is 1. The summed E-state index contributed by atoms with van der Waals surface area (Å²) in [6.07, 6.45) is 0.594. The number of amides is 1. The molecule has 142 valence electrons. The van der Waals surface area contributed by atoms with E-state index in [1.54, 1.807) is 18.2 Å². The first-order chi connectivity index (χ1) is 13.5. The number of aryl methyl sites for hydroxylation is 2. The highest BCUT2D eigenvalue weighted by Crippen LogP contribution is 2.19. The fourth-order valence-electron chi connectivity index (χ4n) is 3.41. The zero-order valence-corrected chi connectivity index (χ0v) is 15.8. The molecule has 0 aliphatic carbocycles. The Morgan fingerprint density at radius 2 is 1.82 bits per heavy atom. The third-order valence-corrected chi connectivity index (χ3v) is 4.84. The van der Waals surface area contributed by atoms with E-state index in [2.05, 4.69) is 20.3 Å². The van der Waals surface area contributed by atoms with Gasteiger partial charge in [0.1, 0.15) is 11.6 Å². The lowest BCUT2D eigenvalue weighted by molar-refractivity contribution is -0.121. The summed E-state index contributed by atoms with van der Waals surface area (Å²) >= 11 is 0. The van der Waals surface area contributed by atoms with Crippen LogP contribution in [0, 0.1) is 0 Å². The van der Waals surface area contributed by atoms with Crippen LogP contribution in [0.1, 0.15) is 31.0 Å². The number of para-hydroxylation sites is 3. The van der Waals surface area contributed by atoms with E-state index in [0.717, 1.165) is 16.9 Å². The number of H-pyrrole nitrogens is 1. The quantitative estimate of drug-likeness (QED) is 0.561. The van der Waals surface area contributed by atoms with Gasteiger partial charge in [-0.05, 0) is 31.2 Å². The van der Waals surface area contributed by atoms with E-state index < -0.39 is 0 Å². The Balaban J connectivity index is 1.44. The van der Waals surface area contributed by atoms with Gasteiger partial charge < -0.3 is 14.9 Å². The average molecular weight is 375 g/mol. The summed E-state index contributed by atoms with van der Waals surface area (Å²) < 4.78 is 1.99. The van der Waals surface area contributed by atoms with Crippen molar-refractivity contribution in [1.82, 2.24) is 24.8 Å². The van der Waals surface area contributed by atoms with Gasteiger partial charge in [-0.2, -0.15) is 0 Å². The largest absolute Gasteiger partial charge is 0.346 e. The molecule has 0 saturated heterocycles. The van der Waals surface area contributed by atoms with Gasteiger partial charge in [-0.3, -0.25) is 9.59 Å². The fraction of sp³-hybridized carbons (Fsp3) is 0.238. The van der Waals surface area contributed by atoms with E-state index in [9.17, 15) is 9.59 Å². The van der Waals surface area contributed by atoms with Crippen molar-refractivity contribution >= 4 is 27.8 Å². The molecule has 1 unspecified atom stereocenters. The predicted octanol–water partition coefficient (Wildman–Crippen LogP) is 2.62. The van der Waals surface area contributed by atoms with Crippen LogP contribution in [-0.2, 0) is 18.3 Å². The Labute approximate surface area is 161 Å². The Bertz CT molecular complexity index is 1220. The van der Waals surface area contributed by atoms with E-state index in [1.165, 1.54) is 0 Å². The van der Waals surface area contributed by atoms with Crippen LogP contribution >= 0.6 is 0 Å². The van der Waals surface area contributed by atoms with Gasteiger partial charge in [0.25, 0.3) is 5.56 Å². The Hall–Kier alpha value is -3.48. The van der Waals surface area contributed by atoms with Gasteiger partial charge in [-0.1, -0.05) is 24.3 Å². The zero-order chi connectivity index (χ0) is 19.7. The molecule has 0 fully saturated rings. The maximum atomic E-state index is 12.4. The van der Waals surface area contributed by atoms with Crippen molar-refractivity contribution in [2.24, 2.45) is 7.05 Å². The number of carbonyl (C=O) groups is 1. The minimum atomic E-state index is -0.228. The summed E-state index contributed by atoms with van der Waals surface area (Å²) in [6.45, 7) is 1.91. The van der Waals surface area contributed by atoms with E-state index in [0.29, 0.717) is 23.1 Å². The van der Waals surface area contributed by atoms with Crippen molar-refractivity contribution in [3.05, 3.63) is 70.5 Å². The molecule has 2 aromatic carbocycles. The van der Waals surface area contributed by atoms with Crippen LogP contribution in [0.4, 0.5) is 0 Å². The third kappa shape index (κ3) is 3.38. The second-order valence-electron chi connectivity index (χ2n) is 6.84. The van der Waals surface area contributed by atoms with Gasteiger partial charge in [0.15, 0.2) is 0 Å². The molecule has 2 aromatic heterocycles. The van der Waals surface area contributed by atoms with Crippen LogP contribution in [-0.4, -0.2) is 25.4 Å². The first-order valence-electron chi connectivity index (χ1n) is 9.21. The maximum absolute atomic E-state index is 12.4. The first kappa shape index (κ1) is 17.9. The molecule has 0 radical (unpaired) electrons. The number of rotatable bonds is 5. The molecule has 0 aliphatic rings. The van der Waals surface area contributed by atoms with Crippen molar-refractivity contribution in [2.45, 2.75) is 25.8 Å². The summed E-state index contributed by atoms with van der Waals surface area (Å²) in [7, 11) is 1.94. The highest BCUT2D eigenvalue weighted by Gasteiger charge is 2.16. The van der Waals surface area contributed by atoms with Crippen molar-refractivity contribution in [3.8, 4) is 0 Å². The van der Waals surface area contributed by atoms with E-state index in [-0.39, 0.29) is 23.9 Å². The number of aromatic nitrogens is 4. The van der Waals surface area contributed by atoms with Crippen molar-refractivity contribution in [2.75, 3.05) is 0 Å². The SMILES string of the molecule is CC(NC(=O)CCc1nc2ccccc2c(=O)[nH]1)c1nc2ccccc2n1C. The number of fused-ring (bicyclic) bond motifs is 2. The smallest absolute Gasteiger partial charge is 0.258 e. The van der Waals surface area contributed by atoms with Gasteiger partial charge in [-0.15, -0.1) is 0 Å². The van der Waals surface area contributed by atoms with Crippen LogP contribution in [0.15, 0.2) is 53.3 Å². The molecule has 1 atom stereocenters. The topological polar surface area (TPSA) is 92.7 Å². The van der Waals surface area contributed by atoms with Crippen molar-refractivity contribution < 1.29 is 4.79 Å². The molecule has 0 bridgehead atoms. The standard InChI is InChI=1S/C21H21N5O2/c1-13(20-24-16-9-5-6-10-17(16)26(20)2)22-19(27)12-11-18-23-15-8-4-3-7-14(15)21(28)25-18/h3-10,13H,11-12H2,1-2H3,(H,22,27)(H,23,25,28). The molecule has 4 rings (SSSR count). The van der Waals surface area contributed by atoms with Crippen LogP contribution in [0.3, 0.4) is 0 Å². The third-order valence-electron chi connectivity index (χ3n) is 4.84. The van der Waals surface area contributed by atoms with Crippen LogP contribution in [0.25, 0.3) is 21.9 Å². The lowest BCUT2D eigenvalue weighted by Gasteiger charge is -2.14. The van der Waals surface area contributed by atoms with Gasteiger partial charge in [0.05, 0.1) is 28.0 Å². The van der Waals surface area contributed by atoms with Crippen molar-refractivity contribution in [1.29, 1.82) is 0 Å². The molecule has 4 aromatic rings. The molecule has 1 amide bonds. The molecule has 0 saturated carbocycles. The highest BCUT2D eigenvalue weighted by molar-refractivity contribution is 5.79. The molecule has 7 heteroatoms. The number of nitrogens with zero attached hydrogens (tertiary/aromatic N) is 3. The van der Waals surface area contributed by atoms with Crippen LogP contribution < -0.4 is 10.9 Å². The first-order valence-corrected chi connectivity index (χ1v) is 9.21. The van der Waals surface area contributed by atoms with Gasteiger partial charge >= 0.3 is 0 Å². The second-order valence-corrected chi connectivity index (χ2v) is 6.84.